The van der Waals surface area contributed by atoms with Gasteiger partial charge in [-0.3, -0.25) is 4.79 Å². The monoisotopic (exact) mass is 362 g/mol. The molecular weight excluding hydrogens is 340 g/mol. The molecule has 1 N–H and O–H groups in total. The zero-order valence-corrected chi connectivity index (χ0v) is 15.8. The second kappa shape index (κ2) is 7.25. The van der Waals surface area contributed by atoms with Gasteiger partial charge in [0.15, 0.2) is 0 Å². The summed E-state index contributed by atoms with van der Waals surface area (Å²) in [5.74, 6) is 0.0516. The molecule has 0 unspecified atom stereocenters. The van der Waals surface area contributed by atoms with Crippen molar-refractivity contribution in [2.45, 2.75) is 18.7 Å². The molecule has 2 aromatic rings. The van der Waals surface area contributed by atoms with Crippen molar-refractivity contribution in [3.8, 4) is 5.75 Å². The number of aryl methyl sites for hydroxylation is 2. The number of anilines is 1. The highest BCUT2D eigenvalue weighted by Gasteiger charge is 2.20. The number of sulfonamides is 1. The minimum absolute atomic E-state index is 0.0775. The van der Waals surface area contributed by atoms with Gasteiger partial charge in [-0.2, -0.15) is 0 Å². The van der Waals surface area contributed by atoms with Gasteiger partial charge in [0, 0.05) is 19.7 Å². The molecule has 0 saturated heterocycles. The summed E-state index contributed by atoms with van der Waals surface area (Å²) in [6.07, 6.45) is 0. The number of carbonyl (C=O) groups is 1. The zero-order valence-electron chi connectivity index (χ0n) is 15.0. The predicted octanol–water partition coefficient (Wildman–Crippen LogP) is 2.81. The third-order valence-electron chi connectivity index (χ3n) is 3.97. The van der Waals surface area contributed by atoms with E-state index in [4.69, 9.17) is 4.74 Å². The van der Waals surface area contributed by atoms with Crippen LogP contribution in [-0.2, 0) is 10.0 Å². The van der Waals surface area contributed by atoms with Crippen LogP contribution >= 0.6 is 0 Å². The molecule has 0 atom stereocenters. The van der Waals surface area contributed by atoms with Gasteiger partial charge in [0.25, 0.3) is 5.91 Å². The summed E-state index contributed by atoms with van der Waals surface area (Å²) in [7, 11) is 0.751. The van der Waals surface area contributed by atoms with Gasteiger partial charge in [0.05, 0.1) is 17.7 Å². The first-order valence-electron chi connectivity index (χ1n) is 7.66. The van der Waals surface area contributed by atoms with E-state index in [1.807, 2.05) is 19.9 Å². The molecule has 0 fully saturated rings. The Labute approximate surface area is 148 Å². The first-order valence-corrected chi connectivity index (χ1v) is 9.10. The van der Waals surface area contributed by atoms with Crippen LogP contribution in [-0.4, -0.2) is 39.8 Å². The smallest absolute Gasteiger partial charge is 0.255 e. The Morgan fingerprint density at radius 3 is 2.28 bits per heavy atom. The molecule has 25 heavy (non-hydrogen) atoms. The number of carbonyl (C=O) groups excluding carboxylic acids is 1. The third-order valence-corrected chi connectivity index (χ3v) is 5.78. The van der Waals surface area contributed by atoms with Crippen LogP contribution in [0.4, 0.5) is 5.69 Å². The maximum atomic E-state index is 12.5. The summed E-state index contributed by atoms with van der Waals surface area (Å²) >= 11 is 0. The van der Waals surface area contributed by atoms with Gasteiger partial charge >= 0.3 is 0 Å². The van der Waals surface area contributed by atoms with E-state index in [1.54, 1.807) is 12.1 Å². The van der Waals surface area contributed by atoms with Gasteiger partial charge < -0.3 is 10.1 Å². The average Bonchev–Trinajstić information content (AvgIpc) is 2.57. The summed E-state index contributed by atoms with van der Waals surface area (Å²) in [4.78, 5) is 12.6. The SMILES string of the molecule is COc1ccc(S(=O)(=O)N(C)C)cc1NC(=O)c1ccc(C)c(C)c1. The normalized spacial score (nSPS) is 11.4. The van der Waals surface area contributed by atoms with Crippen LogP contribution in [0.2, 0.25) is 0 Å². The highest BCUT2D eigenvalue weighted by atomic mass is 32.2. The van der Waals surface area contributed by atoms with Crippen molar-refractivity contribution in [1.82, 2.24) is 4.31 Å². The van der Waals surface area contributed by atoms with E-state index in [-0.39, 0.29) is 10.8 Å². The van der Waals surface area contributed by atoms with Crippen LogP contribution in [0.3, 0.4) is 0 Å². The van der Waals surface area contributed by atoms with Crippen LogP contribution in [0.15, 0.2) is 41.3 Å². The fourth-order valence-electron chi connectivity index (χ4n) is 2.23. The molecule has 0 heterocycles. The number of rotatable bonds is 5. The number of nitrogens with zero attached hydrogens (tertiary/aromatic N) is 1. The molecular formula is C18H22N2O4S. The maximum absolute atomic E-state index is 12.5. The van der Waals surface area contributed by atoms with Crippen LogP contribution in [0.1, 0.15) is 21.5 Å². The summed E-state index contributed by atoms with van der Waals surface area (Å²) in [5.41, 5.74) is 2.89. The van der Waals surface area contributed by atoms with Crippen molar-refractivity contribution in [3.63, 3.8) is 0 Å². The van der Waals surface area contributed by atoms with E-state index < -0.39 is 10.0 Å². The van der Waals surface area contributed by atoms with Crippen molar-refractivity contribution >= 4 is 21.6 Å². The van der Waals surface area contributed by atoms with E-state index in [1.165, 1.54) is 39.4 Å². The molecule has 2 rings (SSSR count). The van der Waals surface area contributed by atoms with E-state index in [2.05, 4.69) is 5.32 Å². The van der Waals surface area contributed by atoms with E-state index in [0.29, 0.717) is 17.0 Å². The minimum Gasteiger partial charge on any atom is -0.495 e. The maximum Gasteiger partial charge on any atom is 0.255 e. The van der Waals surface area contributed by atoms with E-state index in [0.717, 1.165) is 15.4 Å². The van der Waals surface area contributed by atoms with E-state index >= 15 is 0 Å². The molecule has 6 nitrogen and oxygen atoms in total. The lowest BCUT2D eigenvalue weighted by Gasteiger charge is -2.15. The second-order valence-electron chi connectivity index (χ2n) is 5.90. The minimum atomic E-state index is -3.61. The molecule has 0 aromatic heterocycles. The Balaban J connectivity index is 2.40. The van der Waals surface area contributed by atoms with Gasteiger partial charge in [0.2, 0.25) is 10.0 Å². The van der Waals surface area contributed by atoms with Gasteiger partial charge in [0.1, 0.15) is 5.75 Å². The molecule has 0 spiro atoms. The van der Waals surface area contributed by atoms with Crippen molar-refractivity contribution in [2.24, 2.45) is 0 Å². The van der Waals surface area contributed by atoms with Crippen molar-refractivity contribution in [3.05, 3.63) is 53.1 Å². The molecule has 0 radical (unpaired) electrons. The van der Waals surface area contributed by atoms with Gasteiger partial charge in [-0.15, -0.1) is 0 Å². The topological polar surface area (TPSA) is 75.7 Å². The number of methoxy groups -OCH3 is 1. The molecule has 2 aromatic carbocycles. The van der Waals surface area contributed by atoms with Crippen molar-refractivity contribution < 1.29 is 17.9 Å². The number of benzene rings is 2. The highest BCUT2D eigenvalue weighted by molar-refractivity contribution is 7.89. The van der Waals surface area contributed by atoms with Crippen molar-refractivity contribution in [2.75, 3.05) is 26.5 Å². The Morgan fingerprint density at radius 2 is 1.72 bits per heavy atom. The molecule has 0 saturated carbocycles. The summed E-state index contributed by atoms with van der Waals surface area (Å²) < 4.78 is 30.9. The Hall–Kier alpha value is -2.38. The Kier molecular flexibility index (Phi) is 5.49. The number of hydrogen-bond acceptors (Lipinski definition) is 4. The lowest BCUT2D eigenvalue weighted by molar-refractivity contribution is 0.102. The molecule has 7 heteroatoms. The third kappa shape index (κ3) is 4.00. The summed E-state index contributed by atoms with van der Waals surface area (Å²) in [5, 5.41) is 2.73. The lowest BCUT2D eigenvalue weighted by atomic mass is 10.1. The lowest BCUT2D eigenvalue weighted by Crippen LogP contribution is -2.22. The number of amides is 1. The zero-order chi connectivity index (χ0) is 18.8. The molecule has 0 aliphatic carbocycles. The summed E-state index contributed by atoms with van der Waals surface area (Å²) in [6.45, 7) is 3.90. The van der Waals surface area contributed by atoms with Crippen LogP contribution in [0.25, 0.3) is 0 Å². The van der Waals surface area contributed by atoms with Gasteiger partial charge in [-0.25, -0.2) is 12.7 Å². The van der Waals surface area contributed by atoms with E-state index in [9.17, 15) is 13.2 Å². The first-order chi connectivity index (χ1) is 11.7. The number of hydrogen-bond donors (Lipinski definition) is 1. The average molecular weight is 362 g/mol. The van der Waals surface area contributed by atoms with Crippen molar-refractivity contribution in [1.29, 1.82) is 0 Å². The largest absolute Gasteiger partial charge is 0.495 e. The standard InChI is InChI=1S/C18H22N2O4S/c1-12-6-7-14(10-13(12)2)18(21)19-16-11-15(8-9-17(16)24-5)25(22,23)20(3)4/h6-11H,1-5H3,(H,19,21). The van der Waals surface area contributed by atoms with Gasteiger partial charge in [-0.1, -0.05) is 6.07 Å². The molecule has 1 amide bonds. The van der Waals surface area contributed by atoms with Crippen LogP contribution in [0.5, 0.6) is 5.75 Å². The molecule has 0 aliphatic rings. The fraction of sp³-hybridized carbons (Fsp3) is 0.278. The molecule has 0 bridgehead atoms. The number of nitrogens with one attached hydrogen (secondary N) is 1. The predicted molar refractivity (Wildman–Crippen MR) is 97.7 cm³/mol. The van der Waals surface area contributed by atoms with Crippen LogP contribution in [0, 0.1) is 13.8 Å². The second-order valence-corrected chi connectivity index (χ2v) is 8.05. The molecule has 0 aliphatic heterocycles. The number of ether oxygens (including phenoxy) is 1. The fourth-order valence-corrected chi connectivity index (χ4v) is 3.16. The first kappa shape index (κ1) is 19.0. The van der Waals surface area contributed by atoms with Crippen LogP contribution < -0.4 is 10.1 Å². The molecule has 134 valence electrons. The highest BCUT2D eigenvalue weighted by Crippen LogP contribution is 2.29. The quantitative estimate of drug-likeness (QED) is 0.887. The van der Waals surface area contributed by atoms with Gasteiger partial charge in [-0.05, 0) is 55.3 Å². The Bertz CT molecular complexity index is 905. The Morgan fingerprint density at radius 1 is 1.04 bits per heavy atom. The summed E-state index contributed by atoms with van der Waals surface area (Å²) in [6, 6.07) is 9.75.